The van der Waals surface area contributed by atoms with Gasteiger partial charge in [-0.25, -0.2) is 0 Å². The zero-order valence-electron chi connectivity index (χ0n) is 8.53. The number of rotatable bonds is 3. The third-order valence-electron chi connectivity index (χ3n) is 2.17. The van der Waals surface area contributed by atoms with E-state index in [0.717, 1.165) is 5.56 Å². The summed E-state index contributed by atoms with van der Waals surface area (Å²) in [5.41, 5.74) is 1.01. The lowest BCUT2D eigenvalue weighted by molar-refractivity contribution is -0.142. The Hall–Kier alpha value is -1.35. The highest BCUT2D eigenvalue weighted by atomic mass is 32.1. The molecule has 0 fully saturated rings. The van der Waals surface area contributed by atoms with Crippen molar-refractivity contribution in [1.82, 2.24) is 0 Å². The van der Waals surface area contributed by atoms with Crippen LogP contribution >= 0.6 is 11.3 Å². The van der Waals surface area contributed by atoms with Gasteiger partial charge in [-0.1, -0.05) is 6.07 Å². The van der Waals surface area contributed by atoms with Gasteiger partial charge in [-0.15, -0.1) is 11.3 Å². The Morgan fingerprint density at radius 2 is 2.27 bits per heavy atom. The second-order valence-corrected chi connectivity index (χ2v) is 4.22. The maximum Gasteiger partial charge on any atom is 0.310 e. The maximum atomic E-state index is 11.3. The van der Waals surface area contributed by atoms with Crippen molar-refractivity contribution in [2.75, 3.05) is 6.61 Å². The van der Waals surface area contributed by atoms with Gasteiger partial charge in [0.15, 0.2) is 0 Å². The fourth-order valence-corrected chi connectivity index (χ4v) is 2.28. The van der Waals surface area contributed by atoms with Crippen LogP contribution in [0.3, 0.4) is 0 Å². The highest BCUT2D eigenvalue weighted by Crippen LogP contribution is 2.21. The molecule has 0 aliphatic heterocycles. The van der Waals surface area contributed by atoms with E-state index in [1.807, 2.05) is 19.1 Å². The summed E-state index contributed by atoms with van der Waals surface area (Å²) in [5.74, 6) is -0.160. The van der Waals surface area contributed by atoms with Crippen LogP contribution in [0.1, 0.15) is 12.5 Å². The topological polar surface area (TPSA) is 26.3 Å². The summed E-state index contributed by atoms with van der Waals surface area (Å²) in [6, 6.07) is 8.14. The summed E-state index contributed by atoms with van der Waals surface area (Å²) in [7, 11) is 0. The predicted octanol–water partition coefficient (Wildman–Crippen LogP) is 3.01. The van der Waals surface area contributed by atoms with Crippen LogP contribution in [-0.2, 0) is 16.0 Å². The molecule has 2 nitrogen and oxygen atoms in total. The predicted molar refractivity (Wildman–Crippen MR) is 62.2 cm³/mol. The third-order valence-corrected chi connectivity index (χ3v) is 3.07. The second kappa shape index (κ2) is 4.45. The summed E-state index contributed by atoms with van der Waals surface area (Å²) >= 11 is 1.71. The first-order valence-corrected chi connectivity index (χ1v) is 5.79. The number of fused-ring (bicyclic) bond motifs is 1. The number of ether oxygens (including phenoxy) is 1. The highest BCUT2D eigenvalue weighted by Gasteiger charge is 2.04. The Morgan fingerprint density at radius 1 is 1.40 bits per heavy atom. The quantitative estimate of drug-likeness (QED) is 0.743. The van der Waals surface area contributed by atoms with Crippen molar-refractivity contribution in [1.29, 1.82) is 0 Å². The van der Waals surface area contributed by atoms with Crippen molar-refractivity contribution in [3.63, 3.8) is 0 Å². The van der Waals surface area contributed by atoms with Crippen LogP contribution in [0.15, 0.2) is 29.6 Å². The van der Waals surface area contributed by atoms with E-state index < -0.39 is 0 Å². The highest BCUT2D eigenvalue weighted by molar-refractivity contribution is 7.17. The van der Waals surface area contributed by atoms with Crippen LogP contribution in [0.25, 0.3) is 10.1 Å². The van der Waals surface area contributed by atoms with E-state index in [1.54, 1.807) is 11.3 Å². The fraction of sp³-hybridized carbons (Fsp3) is 0.250. The summed E-state index contributed by atoms with van der Waals surface area (Å²) in [5, 5.41) is 3.25. The van der Waals surface area contributed by atoms with Gasteiger partial charge in [0.25, 0.3) is 0 Å². The summed E-state index contributed by atoms with van der Waals surface area (Å²) in [6.07, 6.45) is 0.361. The van der Waals surface area contributed by atoms with E-state index in [2.05, 4.69) is 17.5 Å². The maximum absolute atomic E-state index is 11.3. The van der Waals surface area contributed by atoms with Gasteiger partial charge >= 0.3 is 5.97 Å². The first kappa shape index (κ1) is 10.2. The van der Waals surface area contributed by atoms with Crippen LogP contribution < -0.4 is 0 Å². The Labute approximate surface area is 92.5 Å². The van der Waals surface area contributed by atoms with Gasteiger partial charge in [0, 0.05) is 4.70 Å². The van der Waals surface area contributed by atoms with Gasteiger partial charge < -0.3 is 4.74 Å². The van der Waals surface area contributed by atoms with Crippen molar-refractivity contribution in [2.24, 2.45) is 0 Å². The molecule has 2 aromatic rings. The van der Waals surface area contributed by atoms with E-state index >= 15 is 0 Å². The van der Waals surface area contributed by atoms with E-state index in [-0.39, 0.29) is 5.97 Å². The average molecular weight is 220 g/mol. The minimum Gasteiger partial charge on any atom is -0.466 e. The van der Waals surface area contributed by atoms with E-state index in [4.69, 9.17) is 4.74 Å². The normalized spacial score (nSPS) is 10.5. The van der Waals surface area contributed by atoms with E-state index in [9.17, 15) is 4.79 Å². The monoisotopic (exact) mass is 220 g/mol. The molecule has 0 N–H and O–H groups in total. The number of hydrogen-bond acceptors (Lipinski definition) is 3. The molecule has 0 spiro atoms. The average Bonchev–Trinajstić information content (AvgIpc) is 2.65. The van der Waals surface area contributed by atoms with Crippen molar-refractivity contribution in [2.45, 2.75) is 13.3 Å². The Kier molecular flexibility index (Phi) is 3.02. The molecule has 0 aliphatic carbocycles. The fourth-order valence-electron chi connectivity index (χ4n) is 1.50. The standard InChI is InChI=1S/C12H12O2S/c1-2-14-12(13)8-9-3-4-11-10(7-9)5-6-15-11/h3-7H,2,8H2,1H3. The Morgan fingerprint density at radius 3 is 3.07 bits per heavy atom. The molecule has 1 heterocycles. The van der Waals surface area contributed by atoms with Gasteiger partial charge in [0.05, 0.1) is 13.0 Å². The molecule has 1 aromatic heterocycles. The molecule has 2 rings (SSSR count). The number of esters is 1. The number of benzene rings is 1. The summed E-state index contributed by atoms with van der Waals surface area (Å²) < 4.78 is 6.16. The smallest absolute Gasteiger partial charge is 0.310 e. The lowest BCUT2D eigenvalue weighted by atomic mass is 10.1. The van der Waals surface area contributed by atoms with Crippen LogP contribution in [0.5, 0.6) is 0 Å². The van der Waals surface area contributed by atoms with Crippen LogP contribution in [-0.4, -0.2) is 12.6 Å². The second-order valence-electron chi connectivity index (χ2n) is 3.27. The molecule has 0 saturated carbocycles. The number of thiophene rings is 1. The number of carbonyl (C=O) groups is 1. The minimum absolute atomic E-state index is 0.160. The van der Waals surface area contributed by atoms with Gasteiger partial charge in [0.2, 0.25) is 0 Å². The molecule has 1 aromatic carbocycles. The van der Waals surface area contributed by atoms with E-state index in [1.165, 1.54) is 10.1 Å². The van der Waals surface area contributed by atoms with E-state index in [0.29, 0.717) is 13.0 Å². The molecule has 0 unspecified atom stereocenters. The van der Waals surface area contributed by atoms with Crippen LogP contribution in [0.4, 0.5) is 0 Å². The Bertz CT molecular complexity index is 473. The van der Waals surface area contributed by atoms with Crippen LogP contribution in [0.2, 0.25) is 0 Å². The molecule has 78 valence electrons. The molecule has 0 amide bonds. The third kappa shape index (κ3) is 2.36. The molecular weight excluding hydrogens is 208 g/mol. The molecular formula is C12H12O2S. The van der Waals surface area contributed by atoms with Crippen LogP contribution in [0, 0.1) is 0 Å². The van der Waals surface area contributed by atoms with Crippen molar-refractivity contribution in [3.8, 4) is 0 Å². The molecule has 0 saturated heterocycles. The molecule has 3 heteroatoms. The largest absolute Gasteiger partial charge is 0.466 e. The van der Waals surface area contributed by atoms with Crippen molar-refractivity contribution in [3.05, 3.63) is 35.2 Å². The van der Waals surface area contributed by atoms with Crippen molar-refractivity contribution >= 4 is 27.4 Å². The minimum atomic E-state index is -0.160. The first-order valence-electron chi connectivity index (χ1n) is 4.91. The van der Waals surface area contributed by atoms with Gasteiger partial charge in [-0.05, 0) is 41.5 Å². The Balaban J connectivity index is 2.17. The summed E-state index contributed by atoms with van der Waals surface area (Å²) in [6.45, 7) is 2.26. The lowest BCUT2D eigenvalue weighted by Gasteiger charge is -2.01. The first-order chi connectivity index (χ1) is 7.29. The number of carbonyl (C=O) groups excluding carboxylic acids is 1. The zero-order chi connectivity index (χ0) is 10.7. The van der Waals surface area contributed by atoms with Gasteiger partial charge in [-0.2, -0.15) is 0 Å². The summed E-state index contributed by atoms with van der Waals surface area (Å²) in [4.78, 5) is 11.3. The number of hydrogen-bond donors (Lipinski definition) is 0. The molecule has 15 heavy (non-hydrogen) atoms. The van der Waals surface area contributed by atoms with Gasteiger partial charge in [-0.3, -0.25) is 4.79 Å². The zero-order valence-corrected chi connectivity index (χ0v) is 9.34. The van der Waals surface area contributed by atoms with Crippen molar-refractivity contribution < 1.29 is 9.53 Å². The molecule has 0 bridgehead atoms. The lowest BCUT2D eigenvalue weighted by Crippen LogP contribution is -2.07. The molecule has 0 radical (unpaired) electrons. The molecule has 0 aliphatic rings. The molecule has 0 atom stereocenters. The van der Waals surface area contributed by atoms with Gasteiger partial charge in [0.1, 0.15) is 0 Å². The SMILES string of the molecule is CCOC(=O)Cc1ccc2sccc2c1.